The Bertz CT molecular complexity index is 1100. The van der Waals surface area contributed by atoms with Crippen LogP contribution in [0.2, 0.25) is 0 Å². The fourth-order valence-corrected chi connectivity index (χ4v) is 4.25. The highest BCUT2D eigenvalue weighted by atomic mass is 19.1. The van der Waals surface area contributed by atoms with Crippen molar-refractivity contribution in [3.8, 4) is 0 Å². The Hall–Kier alpha value is -3.39. The number of carbonyl (C=O) groups excluding carboxylic acids is 1. The van der Waals surface area contributed by atoms with Crippen molar-refractivity contribution >= 4 is 22.9 Å². The van der Waals surface area contributed by atoms with Crippen LogP contribution >= 0.6 is 0 Å². The third-order valence-corrected chi connectivity index (χ3v) is 5.84. The second-order valence-corrected chi connectivity index (χ2v) is 8.54. The van der Waals surface area contributed by atoms with Gasteiger partial charge in [0.25, 0.3) is 6.02 Å². The normalized spacial score (nSPS) is 20.8. The summed E-state index contributed by atoms with van der Waals surface area (Å²) in [5, 5.41) is 9.38. The van der Waals surface area contributed by atoms with Crippen molar-refractivity contribution in [2.75, 3.05) is 13.2 Å². The third kappa shape index (κ3) is 5.51. The van der Waals surface area contributed by atoms with Crippen molar-refractivity contribution in [1.29, 1.82) is 5.41 Å². The number of allylic oxidation sites excluding steroid dienone is 4. The number of fused-ring (bicyclic) bond motifs is 1. The maximum absolute atomic E-state index is 13.7. The first-order valence-corrected chi connectivity index (χ1v) is 10.8. The summed E-state index contributed by atoms with van der Waals surface area (Å²) in [5.74, 6) is -0.726. The molecule has 176 valence electrons. The van der Waals surface area contributed by atoms with Gasteiger partial charge in [-0.1, -0.05) is 30.9 Å². The molecule has 3 unspecified atom stereocenters. The topological polar surface area (TPSA) is 104 Å². The number of likely N-dealkylation sites (tertiary alicyclic amines) is 1. The Morgan fingerprint density at radius 1 is 1.42 bits per heavy atom. The monoisotopic (exact) mass is 454 g/mol. The number of hydrogen-bond donors (Lipinski definition) is 3. The molecule has 1 fully saturated rings. The molecule has 4 N–H and O–H groups in total. The van der Waals surface area contributed by atoms with Crippen LogP contribution in [0.1, 0.15) is 32.8 Å². The summed E-state index contributed by atoms with van der Waals surface area (Å²) >= 11 is 0. The Labute approximate surface area is 193 Å². The van der Waals surface area contributed by atoms with E-state index < -0.39 is 11.6 Å². The van der Waals surface area contributed by atoms with E-state index in [0.717, 1.165) is 16.5 Å². The molecule has 0 bridgehead atoms. The molecule has 1 aromatic carbocycles. The van der Waals surface area contributed by atoms with E-state index in [1.165, 1.54) is 19.1 Å². The molecule has 33 heavy (non-hydrogen) atoms. The number of carbonyl (C=O) groups is 1. The molecule has 1 saturated heterocycles. The Morgan fingerprint density at radius 3 is 2.88 bits per heavy atom. The van der Waals surface area contributed by atoms with Gasteiger partial charge in [0.2, 0.25) is 0 Å². The van der Waals surface area contributed by atoms with Gasteiger partial charge in [0.15, 0.2) is 0 Å². The smallest absolute Gasteiger partial charge is 0.302 e. The number of aromatic nitrogens is 1. The summed E-state index contributed by atoms with van der Waals surface area (Å²) in [6.07, 6.45) is 9.00. The predicted octanol–water partition coefficient (Wildman–Crippen LogP) is 4.13. The van der Waals surface area contributed by atoms with E-state index in [1.807, 2.05) is 32.1 Å². The zero-order valence-electron chi connectivity index (χ0n) is 19.2. The molecule has 1 aliphatic heterocycles. The number of aromatic amines is 1. The number of nitrogens with one attached hydrogen (secondary N) is 2. The van der Waals surface area contributed by atoms with Crippen molar-refractivity contribution in [3.63, 3.8) is 0 Å². The number of hydrogen-bond acceptors (Lipinski definition) is 5. The number of H-pyrrole nitrogens is 1. The first-order chi connectivity index (χ1) is 15.6. The molecule has 2 aromatic rings. The van der Waals surface area contributed by atoms with Crippen LogP contribution in [0.25, 0.3) is 10.9 Å². The summed E-state index contributed by atoms with van der Waals surface area (Å²) in [5.41, 5.74) is 8.28. The molecule has 0 spiro atoms. The van der Waals surface area contributed by atoms with Gasteiger partial charge < -0.3 is 25.1 Å². The first-order valence-electron chi connectivity index (χ1n) is 10.8. The number of ether oxygens (including phenoxy) is 2. The van der Waals surface area contributed by atoms with Crippen LogP contribution in [-0.2, 0) is 19.8 Å². The van der Waals surface area contributed by atoms with E-state index in [0.29, 0.717) is 18.5 Å². The van der Waals surface area contributed by atoms with E-state index in [4.69, 9.17) is 20.6 Å². The molecule has 0 aliphatic carbocycles. The van der Waals surface area contributed by atoms with Crippen molar-refractivity contribution in [2.24, 2.45) is 5.73 Å². The second-order valence-electron chi connectivity index (χ2n) is 8.54. The third-order valence-electron chi connectivity index (χ3n) is 5.84. The van der Waals surface area contributed by atoms with Crippen molar-refractivity contribution in [1.82, 2.24) is 9.88 Å². The standard InChI is InChI=1S/C25H31FN4O3/c1-5-6-7-8-16(2)15-32-24(27)30-14-19(33-17(3)31)12-23(30)25(4,28)21-13-29-22-11-18(26)9-10-20(21)22/h5-11,13,19,23,27,29H,1,12,14-15,28H2,2-4H3. The molecule has 7 nitrogen and oxygen atoms in total. The number of amidine groups is 1. The Balaban J connectivity index is 1.86. The van der Waals surface area contributed by atoms with Crippen LogP contribution in [0.5, 0.6) is 0 Å². The van der Waals surface area contributed by atoms with Crippen molar-refractivity contribution in [3.05, 3.63) is 72.2 Å². The van der Waals surface area contributed by atoms with Gasteiger partial charge in [-0.25, -0.2) is 4.39 Å². The van der Waals surface area contributed by atoms with Crippen LogP contribution < -0.4 is 5.73 Å². The molecule has 0 radical (unpaired) electrons. The van der Waals surface area contributed by atoms with Gasteiger partial charge >= 0.3 is 5.97 Å². The number of nitrogens with two attached hydrogens (primary N) is 1. The zero-order chi connectivity index (χ0) is 24.2. The average Bonchev–Trinajstić information content (AvgIpc) is 3.36. The summed E-state index contributed by atoms with van der Waals surface area (Å²) in [4.78, 5) is 16.4. The summed E-state index contributed by atoms with van der Waals surface area (Å²) < 4.78 is 24.9. The van der Waals surface area contributed by atoms with Gasteiger partial charge in [-0.05, 0) is 43.2 Å². The fourth-order valence-electron chi connectivity index (χ4n) is 4.25. The van der Waals surface area contributed by atoms with Gasteiger partial charge in [0, 0.05) is 30.4 Å². The van der Waals surface area contributed by atoms with Gasteiger partial charge in [-0.15, -0.1) is 0 Å². The molecular weight excluding hydrogens is 423 g/mol. The van der Waals surface area contributed by atoms with Gasteiger partial charge in [0.1, 0.15) is 18.5 Å². The van der Waals surface area contributed by atoms with Crippen LogP contribution in [-0.4, -0.2) is 47.2 Å². The van der Waals surface area contributed by atoms with E-state index in [2.05, 4.69) is 11.6 Å². The lowest BCUT2D eigenvalue weighted by molar-refractivity contribution is -0.145. The second kappa shape index (κ2) is 10.0. The predicted molar refractivity (Wildman–Crippen MR) is 127 cm³/mol. The van der Waals surface area contributed by atoms with Crippen molar-refractivity contribution in [2.45, 2.75) is 44.9 Å². The van der Waals surface area contributed by atoms with Crippen LogP contribution in [0.15, 0.2) is 60.9 Å². The minimum Gasteiger partial charge on any atom is -0.461 e. The summed E-state index contributed by atoms with van der Waals surface area (Å²) in [7, 11) is 0. The number of halogens is 1. The fraction of sp³-hybridized carbons (Fsp3) is 0.360. The molecule has 0 amide bonds. The van der Waals surface area contributed by atoms with Crippen molar-refractivity contribution < 1.29 is 18.7 Å². The van der Waals surface area contributed by atoms with E-state index in [9.17, 15) is 9.18 Å². The zero-order valence-corrected chi connectivity index (χ0v) is 19.2. The SMILES string of the molecule is C=CC=CC=C(C)COC(=N)N1CC(OC(C)=O)CC1C(C)(N)c1c[nH]c2cc(F)ccc12. The van der Waals surface area contributed by atoms with Crippen LogP contribution in [0.3, 0.4) is 0 Å². The molecule has 0 saturated carbocycles. The van der Waals surface area contributed by atoms with Gasteiger partial charge in [-0.2, -0.15) is 0 Å². The maximum Gasteiger partial charge on any atom is 0.302 e. The lowest BCUT2D eigenvalue weighted by Crippen LogP contribution is -2.53. The molecule has 3 rings (SSSR count). The molecule has 3 atom stereocenters. The summed E-state index contributed by atoms with van der Waals surface area (Å²) in [6, 6.07) is 4.08. The highest BCUT2D eigenvalue weighted by molar-refractivity contribution is 5.84. The molecule has 1 aromatic heterocycles. The number of nitrogens with zero attached hydrogens (tertiary/aromatic N) is 1. The lowest BCUT2D eigenvalue weighted by atomic mass is 9.83. The molecule has 8 heteroatoms. The number of benzene rings is 1. The first kappa shape index (κ1) is 24.3. The molecule has 1 aliphatic rings. The quantitative estimate of drug-likeness (QED) is 0.253. The maximum atomic E-state index is 13.7. The van der Waals surface area contributed by atoms with Gasteiger partial charge in [-0.3, -0.25) is 10.2 Å². The Kier molecular flexibility index (Phi) is 7.38. The highest BCUT2D eigenvalue weighted by Gasteiger charge is 2.46. The highest BCUT2D eigenvalue weighted by Crippen LogP contribution is 2.37. The van der Waals surface area contributed by atoms with Crippen LogP contribution in [0, 0.1) is 11.2 Å². The van der Waals surface area contributed by atoms with Gasteiger partial charge in [0.05, 0.1) is 18.1 Å². The number of esters is 1. The van der Waals surface area contributed by atoms with E-state index in [-0.39, 0.29) is 30.5 Å². The molecule has 2 heterocycles. The minimum atomic E-state index is -0.946. The van der Waals surface area contributed by atoms with E-state index >= 15 is 0 Å². The largest absolute Gasteiger partial charge is 0.461 e. The van der Waals surface area contributed by atoms with Crippen LogP contribution in [0.4, 0.5) is 4.39 Å². The minimum absolute atomic E-state index is 0.0438. The summed E-state index contributed by atoms with van der Waals surface area (Å²) in [6.45, 7) is 9.29. The Morgan fingerprint density at radius 2 is 2.18 bits per heavy atom. The molecular formula is C25H31FN4O3. The average molecular weight is 455 g/mol. The van der Waals surface area contributed by atoms with E-state index in [1.54, 1.807) is 23.2 Å². The number of rotatable bonds is 7. The lowest BCUT2D eigenvalue weighted by Gasteiger charge is -2.37.